The molecule has 0 bridgehead atoms. The maximum Gasteiger partial charge on any atom is 0.132 e. The molecule has 0 spiro atoms. The van der Waals surface area contributed by atoms with E-state index in [0.29, 0.717) is 5.92 Å². The molecule has 3 rings (SSSR count). The second-order valence-electron chi connectivity index (χ2n) is 6.55. The number of nitrogens with zero attached hydrogens (tertiary/aromatic N) is 4. The van der Waals surface area contributed by atoms with Crippen molar-refractivity contribution in [2.45, 2.75) is 46.2 Å². The molecule has 2 aromatic heterocycles. The van der Waals surface area contributed by atoms with E-state index in [9.17, 15) is 0 Å². The highest BCUT2D eigenvalue weighted by molar-refractivity contribution is 9.10. The van der Waals surface area contributed by atoms with E-state index >= 15 is 0 Å². The second kappa shape index (κ2) is 6.81. The van der Waals surface area contributed by atoms with Crippen molar-refractivity contribution in [2.75, 3.05) is 11.4 Å². The zero-order chi connectivity index (χ0) is 16.6. The Morgan fingerprint density at radius 3 is 2.91 bits per heavy atom. The van der Waals surface area contributed by atoms with E-state index in [1.807, 2.05) is 16.9 Å². The predicted molar refractivity (Wildman–Crippen MR) is 98.1 cm³/mol. The van der Waals surface area contributed by atoms with Crippen LogP contribution in [-0.4, -0.2) is 21.3 Å². The van der Waals surface area contributed by atoms with Crippen molar-refractivity contribution in [1.82, 2.24) is 14.8 Å². The highest BCUT2D eigenvalue weighted by Crippen LogP contribution is 2.40. The average Bonchev–Trinajstić information content (AvgIpc) is 3.04. The zero-order valence-electron chi connectivity index (χ0n) is 13.8. The highest BCUT2D eigenvalue weighted by Gasteiger charge is 2.32. The van der Waals surface area contributed by atoms with Crippen molar-refractivity contribution in [3.05, 3.63) is 39.2 Å². The molecule has 0 aliphatic carbocycles. The first kappa shape index (κ1) is 16.8. The van der Waals surface area contributed by atoms with E-state index in [1.165, 1.54) is 0 Å². The Labute approximate surface area is 151 Å². The lowest BCUT2D eigenvalue weighted by molar-refractivity contribution is 0.481. The summed E-state index contributed by atoms with van der Waals surface area (Å²) in [6.07, 6.45) is 4.07. The molecule has 23 heavy (non-hydrogen) atoms. The van der Waals surface area contributed by atoms with Crippen LogP contribution in [0.5, 0.6) is 0 Å². The summed E-state index contributed by atoms with van der Waals surface area (Å²) in [5.41, 5.74) is 2.19. The van der Waals surface area contributed by atoms with Gasteiger partial charge in [0, 0.05) is 29.3 Å². The van der Waals surface area contributed by atoms with Gasteiger partial charge in [-0.25, -0.2) is 4.98 Å². The molecule has 0 amide bonds. The largest absolute Gasteiger partial charge is 0.349 e. The predicted octanol–water partition coefficient (Wildman–Crippen LogP) is 5.00. The molecule has 124 valence electrons. The van der Waals surface area contributed by atoms with Gasteiger partial charge < -0.3 is 4.90 Å². The van der Waals surface area contributed by atoms with Gasteiger partial charge in [0.25, 0.3) is 0 Å². The fourth-order valence-electron chi connectivity index (χ4n) is 3.30. The third-order valence-corrected chi connectivity index (χ3v) is 5.13. The molecular formula is C17H22BrClN4. The van der Waals surface area contributed by atoms with Gasteiger partial charge in [0.05, 0.1) is 11.7 Å². The van der Waals surface area contributed by atoms with Gasteiger partial charge >= 0.3 is 0 Å². The summed E-state index contributed by atoms with van der Waals surface area (Å²) in [7, 11) is 0. The first-order chi connectivity index (χ1) is 11.0. The van der Waals surface area contributed by atoms with Gasteiger partial charge in [0.15, 0.2) is 0 Å². The summed E-state index contributed by atoms with van der Waals surface area (Å²) in [6, 6.07) is 4.28. The van der Waals surface area contributed by atoms with Crippen LogP contribution in [0.4, 0.5) is 5.82 Å². The summed E-state index contributed by atoms with van der Waals surface area (Å²) in [6.45, 7) is 8.27. The van der Waals surface area contributed by atoms with Crippen molar-refractivity contribution in [3.63, 3.8) is 0 Å². The van der Waals surface area contributed by atoms with Gasteiger partial charge in [0.1, 0.15) is 11.0 Å². The first-order valence-electron chi connectivity index (χ1n) is 8.08. The molecule has 0 radical (unpaired) electrons. The van der Waals surface area contributed by atoms with Gasteiger partial charge in [-0.05, 0) is 37.8 Å². The molecule has 3 heterocycles. The van der Waals surface area contributed by atoms with Crippen molar-refractivity contribution < 1.29 is 0 Å². The third-order valence-electron chi connectivity index (χ3n) is 4.24. The number of rotatable bonds is 4. The normalized spacial score (nSPS) is 18.2. The van der Waals surface area contributed by atoms with Crippen LogP contribution in [0.3, 0.4) is 0 Å². The first-order valence-corrected chi connectivity index (χ1v) is 9.25. The van der Waals surface area contributed by atoms with Crippen LogP contribution < -0.4 is 4.90 Å². The van der Waals surface area contributed by atoms with Crippen molar-refractivity contribution in [3.8, 4) is 0 Å². The monoisotopic (exact) mass is 396 g/mol. The lowest BCUT2D eigenvalue weighted by atomic mass is 10.1. The van der Waals surface area contributed by atoms with Gasteiger partial charge in [-0.1, -0.05) is 41.4 Å². The van der Waals surface area contributed by atoms with E-state index in [-0.39, 0.29) is 6.04 Å². The summed E-state index contributed by atoms with van der Waals surface area (Å²) in [5.74, 6) is 1.51. The number of pyridine rings is 1. The van der Waals surface area contributed by atoms with Crippen LogP contribution in [0.2, 0.25) is 5.15 Å². The lowest BCUT2D eigenvalue weighted by Crippen LogP contribution is -2.24. The van der Waals surface area contributed by atoms with Crippen LogP contribution in [-0.2, 0) is 6.54 Å². The van der Waals surface area contributed by atoms with Crippen LogP contribution in [0.15, 0.2) is 22.8 Å². The topological polar surface area (TPSA) is 34.0 Å². The summed E-state index contributed by atoms with van der Waals surface area (Å²) >= 11 is 10.2. The SMILES string of the molecule is Cc1nn(CC(C)C)c(Cl)c1C1CCCN1c1cc(Br)ccn1. The Morgan fingerprint density at radius 1 is 1.43 bits per heavy atom. The number of anilines is 1. The van der Waals surface area contributed by atoms with Crippen molar-refractivity contribution in [1.29, 1.82) is 0 Å². The summed E-state index contributed by atoms with van der Waals surface area (Å²) < 4.78 is 2.99. The molecule has 1 atom stereocenters. The Bertz CT molecular complexity index is 698. The van der Waals surface area contributed by atoms with Crippen LogP contribution in [0.1, 0.15) is 44.0 Å². The second-order valence-corrected chi connectivity index (χ2v) is 7.82. The lowest BCUT2D eigenvalue weighted by Gasteiger charge is -2.26. The van der Waals surface area contributed by atoms with Gasteiger partial charge in [-0.15, -0.1) is 0 Å². The van der Waals surface area contributed by atoms with E-state index in [0.717, 1.165) is 52.6 Å². The van der Waals surface area contributed by atoms with Gasteiger partial charge in [0.2, 0.25) is 0 Å². The molecule has 0 saturated carbocycles. The number of hydrogen-bond donors (Lipinski definition) is 0. The number of aromatic nitrogens is 3. The maximum absolute atomic E-state index is 6.68. The van der Waals surface area contributed by atoms with Crippen molar-refractivity contribution in [2.24, 2.45) is 5.92 Å². The number of halogens is 2. The molecule has 4 nitrogen and oxygen atoms in total. The molecule has 1 saturated heterocycles. The summed E-state index contributed by atoms with van der Waals surface area (Å²) in [4.78, 5) is 6.89. The zero-order valence-corrected chi connectivity index (χ0v) is 16.1. The molecule has 1 unspecified atom stereocenters. The number of aryl methyl sites for hydroxylation is 1. The fraction of sp³-hybridized carbons (Fsp3) is 0.529. The van der Waals surface area contributed by atoms with E-state index in [2.05, 4.69) is 57.8 Å². The van der Waals surface area contributed by atoms with Crippen molar-refractivity contribution >= 4 is 33.3 Å². The van der Waals surface area contributed by atoms with Crippen LogP contribution >= 0.6 is 27.5 Å². The number of hydrogen-bond acceptors (Lipinski definition) is 3. The Hall–Kier alpha value is -1.07. The molecular weight excluding hydrogens is 376 g/mol. The average molecular weight is 398 g/mol. The van der Waals surface area contributed by atoms with E-state index < -0.39 is 0 Å². The van der Waals surface area contributed by atoms with Gasteiger partial charge in [-0.2, -0.15) is 5.10 Å². The van der Waals surface area contributed by atoms with E-state index in [1.54, 1.807) is 0 Å². The Morgan fingerprint density at radius 2 is 2.22 bits per heavy atom. The minimum atomic E-state index is 0.255. The standard InChI is InChI=1S/C17H22BrClN4/c1-11(2)10-23-17(19)16(12(3)21-23)14-5-4-8-22(14)15-9-13(18)6-7-20-15/h6-7,9,11,14H,4-5,8,10H2,1-3H3. The smallest absolute Gasteiger partial charge is 0.132 e. The molecule has 1 aliphatic rings. The molecule has 0 N–H and O–H groups in total. The van der Waals surface area contributed by atoms with Gasteiger partial charge in [-0.3, -0.25) is 4.68 Å². The molecule has 0 aromatic carbocycles. The molecule has 1 aliphatic heterocycles. The Balaban J connectivity index is 1.96. The van der Waals surface area contributed by atoms with Crippen LogP contribution in [0, 0.1) is 12.8 Å². The third kappa shape index (κ3) is 3.41. The minimum absolute atomic E-state index is 0.255. The fourth-order valence-corrected chi connectivity index (χ4v) is 4.00. The van der Waals surface area contributed by atoms with Crippen LogP contribution in [0.25, 0.3) is 0 Å². The summed E-state index contributed by atoms with van der Waals surface area (Å²) in [5, 5.41) is 5.45. The molecule has 6 heteroatoms. The molecule has 2 aromatic rings. The maximum atomic E-state index is 6.68. The Kier molecular flexibility index (Phi) is 4.97. The quantitative estimate of drug-likeness (QED) is 0.728. The minimum Gasteiger partial charge on any atom is -0.349 e. The highest BCUT2D eigenvalue weighted by atomic mass is 79.9. The van der Waals surface area contributed by atoms with E-state index in [4.69, 9.17) is 11.6 Å². The molecule has 1 fully saturated rings.